The van der Waals surface area contributed by atoms with E-state index in [1.807, 2.05) is 7.85 Å². The van der Waals surface area contributed by atoms with E-state index in [-0.39, 0.29) is 17.7 Å². The highest BCUT2D eigenvalue weighted by Gasteiger charge is 2.35. The Morgan fingerprint density at radius 2 is 1.95 bits per heavy atom. The van der Waals surface area contributed by atoms with Gasteiger partial charge in [-0.15, -0.1) is 0 Å². The summed E-state index contributed by atoms with van der Waals surface area (Å²) < 4.78 is 0. The van der Waals surface area contributed by atoms with E-state index in [1.54, 1.807) is 0 Å². The monoisotopic (exact) mass is 283 g/mol. The van der Waals surface area contributed by atoms with E-state index in [9.17, 15) is 9.59 Å². The lowest BCUT2D eigenvalue weighted by molar-refractivity contribution is -0.140. The Morgan fingerprint density at radius 3 is 2.45 bits per heavy atom. The molecule has 0 saturated heterocycles. The number of carbonyl (C=O) groups excluding carboxylic acids is 1. The van der Waals surface area contributed by atoms with Crippen molar-refractivity contribution in [3.63, 3.8) is 0 Å². The van der Waals surface area contributed by atoms with Gasteiger partial charge in [-0.3, -0.25) is 9.59 Å². The fourth-order valence-electron chi connectivity index (χ4n) is 2.81. The maximum atomic E-state index is 11.1. The van der Waals surface area contributed by atoms with E-state index in [0.717, 1.165) is 32.2 Å². The molecule has 0 aliphatic heterocycles. The number of nitrogens with two attached hydrogens (primary N) is 1. The summed E-state index contributed by atoms with van der Waals surface area (Å²) in [6.07, 6.45) is 4.29. The molecular formula is C13H26BN3O3. The van der Waals surface area contributed by atoms with Crippen molar-refractivity contribution in [2.24, 2.45) is 11.1 Å². The van der Waals surface area contributed by atoms with E-state index in [4.69, 9.17) is 10.8 Å². The van der Waals surface area contributed by atoms with Gasteiger partial charge in [0.1, 0.15) is 7.85 Å². The summed E-state index contributed by atoms with van der Waals surface area (Å²) in [7, 11) is 1.83. The first-order valence-electron chi connectivity index (χ1n) is 7.43. The molecule has 0 spiro atoms. The average molecular weight is 283 g/mol. The van der Waals surface area contributed by atoms with Gasteiger partial charge in [-0.2, -0.15) is 0 Å². The Kier molecular flexibility index (Phi) is 7.02. The van der Waals surface area contributed by atoms with Gasteiger partial charge < -0.3 is 21.5 Å². The maximum Gasteiger partial charge on any atom is 0.303 e. The van der Waals surface area contributed by atoms with Crippen molar-refractivity contribution in [2.45, 2.75) is 44.5 Å². The third-order valence-electron chi connectivity index (χ3n) is 4.21. The SMILES string of the molecule is BCC(=O)NCCNC1CCC(CN)(CC(=O)O)CC1. The van der Waals surface area contributed by atoms with E-state index in [2.05, 4.69) is 10.6 Å². The summed E-state index contributed by atoms with van der Waals surface area (Å²) in [5.41, 5.74) is 5.55. The van der Waals surface area contributed by atoms with Crippen molar-refractivity contribution < 1.29 is 14.7 Å². The summed E-state index contributed by atoms with van der Waals surface area (Å²) in [6, 6.07) is 0.405. The lowest BCUT2D eigenvalue weighted by atomic mass is 9.70. The first-order chi connectivity index (χ1) is 9.51. The molecule has 0 radical (unpaired) electrons. The number of nitrogens with one attached hydrogen (secondary N) is 2. The van der Waals surface area contributed by atoms with Crippen molar-refractivity contribution in [3.05, 3.63) is 0 Å². The molecule has 0 bridgehead atoms. The lowest BCUT2D eigenvalue weighted by Gasteiger charge is -2.38. The van der Waals surface area contributed by atoms with Gasteiger partial charge in [-0.1, -0.05) is 0 Å². The Hall–Kier alpha value is -1.08. The second-order valence-corrected chi connectivity index (χ2v) is 5.71. The first-order valence-corrected chi connectivity index (χ1v) is 7.43. The number of carboxylic acid groups (broad SMARTS) is 1. The molecule has 0 aromatic heterocycles. The molecule has 0 heterocycles. The van der Waals surface area contributed by atoms with E-state index < -0.39 is 5.97 Å². The molecule has 20 heavy (non-hydrogen) atoms. The van der Waals surface area contributed by atoms with E-state index in [1.165, 1.54) is 0 Å². The minimum absolute atomic E-state index is 0.0686. The largest absolute Gasteiger partial charge is 0.481 e. The van der Waals surface area contributed by atoms with Gasteiger partial charge in [0.25, 0.3) is 0 Å². The highest BCUT2D eigenvalue weighted by molar-refractivity contribution is 6.19. The quantitative estimate of drug-likeness (QED) is 0.341. The molecule has 1 aliphatic carbocycles. The zero-order chi connectivity index (χ0) is 15.0. The minimum Gasteiger partial charge on any atom is -0.481 e. The molecule has 5 N–H and O–H groups in total. The Balaban J connectivity index is 2.24. The highest BCUT2D eigenvalue weighted by Crippen LogP contribution is 2.38. The number of carboxylic acids is 1. The molecule has 0 atom stereocenters. The van der Waals surface area contributed by atoms with Gasteiger partial charge in [0.15, 0.2) is 0 Å². The topological polar surface area (TPSA) is 104 Å². The predicted molar refractivity (Wildman–Crippen MR) is 80.4 cm³/mol. The fourth-order valence-corrected chi connectivity index (χ4v) is 2.81. The standard InChI is InChI=1S/C13H26BN3O3/c14-8-11(18)17-6-5-16-10-1-3-13(9-15,4-2-10)7-12(19)20/h10,16H,1-9,14-15H2,(H,17,18)(H,19,20). The molecule has 1 fully saturated rings. The molecule has 1 rings (SSSR count). The third kappa shape index (κ3) is 5.50. The van der Waals surface area contributed by atoms with Crippen molar-refractivity contribution in [1.82, 2.24) is 10.6 Å². The average Bonchev–Trinajstić information content (AvgIpc) is 2.44. The van der Waals surface area contributed by atoms with Crippen LogP contribution in [0.25, 0.3) is 0 Å². The summed E-state index contributed by atoms with van der Waals surface area (Å²) in [5.74, 6) is -0.691. The van der Waals surface area contributed by atoms with E-state index in [0.29, 0.717) is 25.5 Å². The molecule has 7 heteroatoms. The predicted octanol–water partition coefficient (Wildman–Crippen LogP) is -0.894. The molecule has 114 valence electrons. The number of aliphatic carboxylic acids is 1. The number of hydrogen-bond donors (Lipinski definition) is 4. The van der Waals surface area contributed by atoms with Crippen LogP contribution in [-0.2, 0) is 9.59 Å². The van der Waals surface area contributed by atoms with Crippen LogP contribution in [-0.4, -0.2) is 50.5 Å². The molecular weight excluding hydrogens is 257 g/mol. The maximum absolute atomic E-state index is 11.1. The van der Waals surface area contributed by atoms with Gasteiger partial charge in [-0.05, 0) is 44.0 Å². The third-order valence-corrected chi connectivity index (χ3v) is 4.21. The molecule has 1 amide bonds. The second-order valence-electron chi connectivity index (χ2n) is 5.71. The normalized spacial score (nSPS) is 26.1. The summed E-state index contributed by atoms with van der Waals surface area (Å²) in [4.78, 5) is 22.0. The van der Waals surface area contributed by atoms with Gasteiger partial charge in [0.2, 0.25) is 5.91 Å². The van der Waals surface area contributed by atoms with Crippen LogP contribution in [0.3, 0.4) is 0 Å². The van der Waals surface area contributed by atoms with Crippen LogP contribution >= 0.6 is 0 Å². The van der Waals surface area contributed by atoms with Crippen LogP contribution in [0.5, 0.6) is 0 Å². The molecule has 0 unspecified atom stereocenters. The summed E-state index contributed by atoms with van der Waals surface area (Å²) >= 11 is 0. The zero-order valence-corrected chi connectivity index (χ0v) is 12.3. The van der Waals surface area contributed by atoms with Crippen molar-refractivity contribution >= 4 is 19.7 Å². The molecule has 0 aromatic carbocycles. The summed E-state index contributed by atoms with van der Waals surface area (Å²) in [6.45, 7) is 1.84. The summed E-state index contributed by atoms with van der Waals surface area (Å²) in [5, 5.41) is 15.2. The molecule has 1 saturated carbocycles. The van der Waals surface area contributed by atoms with Gasteiger partial charge in [-0.25, -0.2) is 0 Å². The first kappa shape index (κ1) is 17.0. The number of carbonyl (C=O) groups is 2. The lowest BCUT2D eigenvalue weighted by Crippen LogP contribution is -2.44. The van der Waals surface area contributed by atoms with Crippen molar-refractivity contribution in [1.29, 1.82) is 0 Å². The molecule has 1 aliphatic rings. The Morgan fingerprint density at radius 1 is 1.30 bits per heavy atom. The van der Waals surface area contributed by atoms with Crippen LogP contribution < -0.4 is 16.4 Å². The Bertz CT molecular complexity index is 331. The Labute approximate surface area is 121 Å². The van der Waals surface area contributed by atoms with Gasteiger partial charge in [0, 0.05) is 19.1 Å². The van der Waals surface area contributed by atoms with Crippen LogP contribution in [0.1, 0.15) is 32.1 Å². The smallest absolute Gasteiger partial charge is 0.303 e. The number of hydrogen-bond acceptors (Lipinski definition) is 4. The van der Waals surface area contributed by atoms with E-state index >= 15 is 0 Å². The van der Waals surface area contributed by atoms with Crippen LogP contribution in [0.4, 0.5) is 0 Å². The number of rotatable bonds is 8. The minimum atomic E-state index is -0.760. The van der Waals surface area contributed by atoms with Crippen molar-refractivity contribution in [2.75, 3.05) is 19.6 Å². The van der Waals surface area contributed by atoms with Crippen LogP contribution in [0, 0.1) is 5.41 Å². The molecule has 0 aromatic rings. The zero-order valence-electron chi connectivity index (χ0n) is 12.3. The van der Waals surface area contributed by atoms with Crippen LogP contribution in [0.2, 0.25) is 6.32 Å². The van der Waals surface area contributed by atoms with Gasteiger partial charge in [0.05, 0.1) is 6.42 Å². The fraction of sp³-hybridized carbons (Fsp3) is 0.846. The highest BCUT2D eigenvalue weighted by atomic mass is 16.4. The second kappa shape index (κ2) is 8.27. The number of amides is 1. The van der Waals surface area contributed by atoms with Gasteiger partial charge >= 0.3 is 5.97 Å². The van der Waals surface area contributed by atoms with Crippen LogP contribution in [0.15, 0.2) is 0 Å². The van der Waals surface area contributed by atoms with Crippen molar-refractivity contribution in [3.8, 4) is 0 Å². The molecule has 6 nitrogen and oxygen atoms in total.